The van der Waals surface area contributed by atoms with E-state index < -0.39 is 6.04 Å². The van der Waals surface area contributed by atoms with Crippen LogP contribution in [0, 0.1) is 0 Å². The highest BCUT2D eigenvalue weighted by Gasteiger charge is 2.25. The highest BCUT2D eigenvalue weighted by Crippen LogP contribution is 2.27. The van der Waals surface area contributed by atoms with E-state index in [4.69, 9.17) is 4.74 Å². The van der Waals surface area contributed by atoms with Crippen LogP contribution in [0.3, 0.4) is 0 Å². The second kappa shape index (κ2) is 7.77. The normalized spacial score (nSPS) is 19.6. The van der Waals surface area contributed by atoms with Crippen molar-refractivity contribution in [1.82, 2.24) is 4.90 Å². The van der Waals surface area contributed by atoms with Crippen molar-refractivity contribution in [2.45, 2.75) is 6.04 Å². The smallest absolute Gasteiger partial charge is 0.275 e. The molecule has 2 amide bonds. The number of morpholine rings is 1. The standard InChI is InChI=1S/C20H20N4O3/c25-18(13-24-9-11-27-12-10-24)21-15-6-2-1-5-14(15)19-20(26)23-17-8-4-3-7-16(17)22-19/h1-8,19H,9-13H2,(H,21,25). The largest absolute Gasteiger partial charge is 0.379 e. The highest BCUT2D eigenvalue weighted by molar-refractivity contribution is 5.95. The van der Waals surface area contributed by atoms with Gasteiger partial charge in [0, 0.05) is 24.3 Å². The molecule has 0 radical (unpaired) electrons. The lowest BCUT2D eigenvalue weighted by atomic mass is 10.0. The van der Waals surface area contributed by atoms with Crippen molar-refractivity contribution in [2.24, 2.45) is 9.98 Å². The van der Waals surface area contributed by atoms with Crippen molar-refractivity contribution in [3.8, 4) is 0 Å². The van der Waals surface area contributed by atoms with Gasteiger partial charge in [-0.2, -0.15) is 0 Å². The summed E-state index contributed by atoms with van der Waals surface area (Å²) >= 11 is 0. The van der Waals surface area contributed by atoms with E-state index in [9.17, 15) is 9.59 Å². The Bertz CT molecular complexity index is 983. The molecule has 2 aliphatic heterocycles. The Balaban J connectivity index is 1.57. The van der Waals surface area contributed by atoms with Crippen LogP contribution in [0.4, 0.5) is 5.69 Å². The third-order valence-corrected chi connectivity index (χ3v) is 4.61. The molecule has 2 aromatic carbocycles. The molecule has 1 unspecified atom stereocenters. The van der Waals surface area contributed by atoms with Gasteiger partial charge in [0.05, 0.1) is 30.5 Å². The maximum Gasteiger partial charge on any atom is 0.275 e. The summed E-state index contributed by atoms with van der Waals surface area (Å²) in [6.07, 6.45) is 0. The lowest BCUT2D eigenvalue weighted by Gasteiger charge is -2.26. The van der Waals surface area contributed by atoms with Gasteiger partial charge in [0.25, 0.3) is 5.91 Å². The quantitative estimate of drug-likeness (QED) is 0.855. The van der Waals surface area contributed by atoms with E-state index in [2.05, 4.69) is 15.3 Å². The number of rotatable bonds is 4. The number of carbonyl (C=O) groups excluding carboxylic acids is 2. The van der Waals surface area contributed by atoms with Crippen LogP contribution in [0.2, 0.25) is 0 Å². The van der Waals surface area contributed by atoms with Crippen molar-refractivity contribution in [3.63, 3.8) is 0 Å². The number of fused-ring (bicyclic) bond motifs is 1. The summed E-state index contributed by atoms with van der Waals surface area (Å²) in [5.74, 6) is -0.450. The Labute approximate surface area is 156 Å². The summed E-state index contributed by atoms with van der Waals surface area (Å²) in [6.45, 7) is 3.05. The Hall–Kier alpha value is -2.90. The average molecular weight is 364 g/mol. The summed E-state index contributed by atoms with van der Waals surface area (Å²) < 4.78 is 5.30. The maximum atomic E-state index is 12.5. The van der Waals surface area contributed by atoms with E-state index in [-0.39, 0.29) is 11.8 Å². The predicted molar refractivity (Wildman–Crippen MR) is 98.8 cm³/mol. The SMILES string of the molecule is O=C(CN1CCOCC1)Nc1ccccc1C1N=c2ccccc2=NC1=O. The average Bonchev–Trinajstić information content (AvgIpc) is 2.69. The number of nitrogens with one attached hydrogen (secondary N) is 1. The van der Waals surface area contributed by atoms with E-state index in [0.29, 0.717) is 41.7 Å². The predicted octanol–water partition coefficient (Wildman–Crippen LogP) is 0.478. The number of nitrogens with zero attached hydrogens (tertiary/aromatic N) is 3. The third-order valence-electron chi connectivity index (χ3n) is 4.61. The molecule has 1 fully saturated rings. The highest BCUT2D eigenvalue weighted by atomic mass is 16.5. The first-order chi connectivity index (χ1) is 13.2. The lowest BCUT2D eigenvalue weighted by molar-refractivity contribution is -0.120. The van der Waals surface area contributed by atoms with Gasteiger partial charge in [-0.15, -0.1) is 0 Å². The van der Waals surface area contributed by atoms with Gasteiger partial charge >= 0.3 is 0 Å². The van der Waals surface area contributed by atoms with Gasteiger partial charge in [-0.25, -0.2) is 4.99 Å². The third kappa shape index (κ3) is 3.94. The molecule has 1 N–H and O–H groups in total. The molecule has 1 atom stereocenters. The zero-order valence-electron chi connectivity index (χ0n) is 14.8. The Kier molecular flexibility index (Phi) is 5.04. The van der Waals surface area contributed by atoms with Crippen LogP contribution in [-0.2, 0) is 14.3 Å². The molecule has 0 spiro atoms. The second-order valence-corrected chi connectivity index (χ2v) is 6.49. The Morgan fingerprint density at radius 2 is 1.78 bits per heavy atom. The fraction of sp³-hybridized carbons (Fsp3) is 0.300. The van der Waals surface area contributed by atoms with E-state index in [1.54, 1.807) is 18.2 Å². The molecule has 0 aromatic heterocycles. The van der Waals surface area contributed by atoms with Crippen molar-refractivity contribution < 1.29 is 14.3 Å². The first-order valence-electron chi connectivity index (χ1n) is 8.95. The first-order valence-corrected chi connectivity index (χ1v) is 8.95. The van der Waals surface area contributed by atoms with Crippen LogP contribution in [0.5, 0.6) is 0 Å². The molecular formula is C20H20N4O3. The zero-order valence-corrected chi connectivity index (χ0v) is 14.8. The first kappa shape index (κ1) is 17.5. The van der Waals surface area contributed by atoms with Gasteiger partial charge in [0.2, 0.25) is 5.91 Å². The fourth-order valence-electron chi connectivity index (χ4n) is 3.25. The van der Waals surface area contributed by atoms with Crippen molar-refractivity contribution in [2.75, 3.05) is 38.2 Å². The van der Waals surface area contributed by atoms with E-state index in [1.807, 2.05) is 35.2 Å². The molecule has 0 saturated carbocycles. The fourth-order valence-corrected chi connectivity index (χ4v) is 3.25. The monoisotopic (exact) mass is 364 g/mol. The van der Waals surface area contributed by atoms with Gasteiger partial charge in [-0.1, -0.05) is 30.3 Å². The van der Waals surface area contributed by atoms with Crippen LogP contribution in [-0.4, -0.2) is 49.6 Å². The van der Waals surface area contributed by atoms with E-state index in [0.717, 1.165) is 13.1 Å². The molecule has 138 valence electrons. The van der Waals surface area contributed by atoms with Crippen LogP contribution in [0.15, 0.2) is 58.5 Å². The molecular weight excluding hydrogens is 344 g/mol. The van der Waals surface area contributed by atoms with Crippen LogP contribution < -0.4 is 16.0 Å². The number of anilines is 1. The molecule has 1 saturated heterocycles. The number of benzene rings is 2. The Morgan fingerprint density at radius 1 is 1.07 bits per heavy atom. The summed E-state index contributed by atoms with van der Waals surface area (Å²) in [6, 6.07) is 13.8. The number of ether oxygens (including phenoxy) is 1. The summed E-state index contributed by atoms with van der Waals surface area (Å²) in [5.41, 5.74) is 1.24. The summed E-state index contributed by atoms with van der Waals surface area (Å²) in [5, 5.41) is 4.18. The van der Waals surface area contributed by atoms with Gasteiger partial charge in [0.15, 0.2) is 6.04 Å². The summed E-state index contributed by atoms with van der Waals surface area (Å²) in [7, 11) is 0. The van der Waals surface area contributed by atoms with Crippen LogP contribution >= 0.6 is 0 Å². The van der Waals surface area contributed by atoms with Crippen LogP contribution in [0.25, 0.3) is 0 Å². The number of amides is 2. The Morgan fingerprint density at radius 3 is 2.59 bits per heavy atom. The molecule has 2 heterocycles. The molecule has 2 aromatic rings. The topological polar surface area (TPSA) is 83.4 Å². The molecule has 7 heteroatoms. The number of hydrogen-bond acceptors (Lipinski definition) is 5. The van der Waals surface area contributed by atoms with Gasteiger partial charge < -0.3 is 10.1 Å². The van der Waals surface area contributed by atoms with Gasteiger partial charge in [-0.3, -0.25) is 19.5 Å². The molecule has 27 heavy (non-hydrogen) atoms. The van der Waals surface area contributed by atoms with Crippen LogP contribution in [0.1, 0.15) is 11.6 Å². The van der Waals surface area contributed by atoms with Gasteiger partial charge in [0.1, 0.15) is 0 Å². The molecule has 2 aliphatic rings. The minimum atomic E-state index is -0.750. The molecule has 0 bridgehead atoms. The van der Waals surface area contributed by atoms with E-state index in [1.165, 1.54) is 0 Å². The lowest BCUT2D eigenvalue weighted by Crippen LogP contribution is -2.41. The number of hydrogen-bond donors (Lipinski definition) is 1. The molecule has 7 nitrogen and oxygen atoms in total. The molecule has 0 aliphatic carbocycles. The van der Waals surface area contributed by atoms with E-state index >= 15 is 0 Å². The van der Waals surface area contributed by atoms with Crippen molar-refractivity contribution >= 4 is 17.5 Å². The number of para-hydroxylation sites is 3. The maximum absolute atomic E-state index is 12.5. The summed E-state index contributed by atoms with van der Waals surface area (Å²) in [4.78, 5) is 35.7. The zero-order chi connectivity index (χ0) is 18.6. The minimum absolute atomic E-state index is 0.120. The minimum Gasteiger partial charge on any atom is -0.379 e. The van der Waals surface area contributed by atoms with Crippen molar-refractivity contribution in [1.29, 1.82) is 0 Å². The second-order valence-electron chi connectivity index (χ2n) is 6.49. The van der Waals surface area contributed by atoms with Crippen molar-refractivity contribution in [3.05, 3.63) is 64.8 Å². The molecule has 4 rings (SSSR count). The number of carbonyl (C=O) groups is 2. The van der Waals surface area contributed by atoms with Gasteiger partial charge in [-0.05, 0) is 18.2 Å².